The zero-order valence-corrected chi connectivity index (χ0v) is 15.2. The smallest absolute Gasteiger partial charge is 0.251 e. The van der Waals surface area contributed by atoms with Gasteiger partial charge in [0.2, 0.25) is 0 Å². The summed E-state index contributed by atoms with van der Waals surface area (Å²) >= 11 is 0. The van der Waals surface area contributed by atoms with Gasteiger partial charge in [-0.25, -0.2) is 13.8 Å². The van der Waals surface area contributed by atoms with Gasteiger partial charge in [-0.15, -0.1) is 0 Å². The van der Waals surface area contributed by atoms with Crippen LogP contribution in [0.3, 0.4) is 0 Å². The van der Waals surface area contributed by atoms with Gasteiger partial charge in [-0.3, -0.25) is 4.79 Å². The minimum atomic E-state index is -0.961. The molecule has 7 heteroatoms. The number of hydrogen-bond acceptors (Lipinski definition) is 4. The van der Waals surface area contributed by atoms with Crippen molar-refractivity contribution in [2.75, 3.05) is 19.0 Å². The zero-order valence-electron chi connectivity index (χ0n) is 15.2. The summed E-state index contributed by atoms with van der Waals surface area (Å²) < 4.78 is 31.4. The number of carbonyl (C=O) groups is 1. The molecule has 5 nitrogen and oxygen atoms in total. The zero-order chi connectivity index (χ0) is 19.9. The molecule has 0 bridgehead atoms. The maximum atomic E-state index is 13.3. The fourth-order valence-electron chi connectivity index (χ4n) is 2.58. The van der Waals surface area contributed by atoms with E-state index < -0.39 is 11.6 Å². The number of nitrogens with one attached hydrogen (secondary N) is 2. The average molecular weight is 383 g/mol. The summed E-state index contributed by atoms with van der Waals surface area (Å²) in [6.07, 6.45) is 2.15. The topological polar surface area (TPSA) is 63.2 Å². The van der Waals surface area contributed by atoms with Crippen LogP contribution in [-0.4, -0.2) is 24.5 Å². The van der Waals surface area contributed by atoms with Crippen LogP contribution in [0, 0.1) is 11.6 Å². The van der Waals surface area contributed by atoms with Crippen molar-refractivity contribution >= 4 is 17.4 Å². The molecule has 2 N–H and O–H groups in total. The Kier molecular flexibility index (Phi) is 6.16. The van der Waals surface area contributed by atoms with Crippen LogP contribution in [0.15, 0.2) is 60.8 Å². The largest absolute Gasteiger partial charge is 0.497 e. The summed E-state index contributed by atoms with van der Waals surface area (Å²) in [5, 5.41) is 5.70. The highest BCUT2D eigenvalue weighted by atomic mass is 19.2. The van der Waals surface area contributed by atoms with Gasteiger partial charge in [0, 0.05) is 30.1 Å². The Balaban J connectivity index is 1.57. The van der Waals surface area contributed by atoms with Crippen LogP contribution in [0.2, 0.25) is 0 Å². The summed E-state index contributed by atoms with van der Waals surface area (Å²) in [7, 11) is 1.61. The number of aromatic nitrogens is 1. The predicted octanol–water partition coefficient (Wildman–Crippen LogP) is 4.08. The van der Waals surface area contributed by atoms with Crippen molar-refractivity contribution in [1.29, 1.82) is 0 Å². The molecule has 0 spiro atoms. The van der Waals surface area contributed by atoms with Gasteiger partial charge in [0.1, 0.15) is 11.6 Å². The Hall–Kier alpha value is -3.48. The minimum Gasteiger partial charge on any atom is -0.497 e. The molecule has 0 atom stereocenters. The summed E-state index contributed by atoms with van der Waals surface area (Å²) in [6, 6.07) is 14.2. The molecule has 0 fully saturated rings. The highest BCUT2D eigenvalue weighted by molar-refractivity contribution is 5.94. The second kappa shape index (κ2) is 8.94. The predicted molar refractivity (Wildman–Crippen MR) is 103 cm³/mol. The van der Waals surface area contributed by atoms with Gasteiger partial charge in [0.15, 0.2) is 11.6 Å². The third kappa shape index (κ3) is 5.03. The first-order valence-electron chi connectivity index (χ1n) is 8.64. The van der Waals surface area contributed by atoms with Gasteiger partial charge in [-0.05, 0) is 48.4 Å². The van der Waals surface area contributed by atoms with Crippen molar-refractivity contribution in [2.24, 2.45) is 0 Å². The number of ether oxygens (including phenoxy) is 1. The van der Waals surface area contributed by atoms with E-state index in [0.29, 0.717) is 30.0 Å². The first kappa shape index (κ1) is 19.3. The average Bonchev–Trinajstić information content (AvgIpc) is 2.71. The van der Waals surface area contributed by atoms with Crippen LogP contribution in [0.1, 0.15) is 15.9 Å². The number of anilines is 2. The number of halogens is 2. The molecule has 0 saturated carbocycles. The number of hydrogen-bond donors (Lipinski definition) is 2. The van der Waals surface area contributed by atoms with Crippen molar-refractivity contribution in [2.45, 2.75) is 6.42 Å². The van der Waals surface area contributed by atoms with Crippen molar-refractivity contribution < 1.29 is 18.3 Å². The molecule has 0 saturated heterocycles. The van der Waals surface area contributed by atoms with E-state index in [9.17, 15) is 13.6 Å². The normalized spacial score (nSPS) is 10.4. The molecule has 144 valence electrons. The van der Waals surface area contributed by atoms with E-state index in [-0.39, 0.29) is 5.91 Å². The number of nitrogens with zero attached hydrogens (tertiary/aromatic N) is 1. The van der Waals surface area contributed by atoms with Crippen LogP contribution >= 0.6 is 0 Å². The Morgan fingerprint density at radius 2 is 1.82 bits per heavy atom. The second-order valence-electron chi connectivity index (χ2n) is 6.04. The second-order valence-corrected chi connectivity index (χ2v) is 6.04. The molecule has 0 unspecified atom stereocenters. The fourth-order valence-corrected chi connectivity index (χ4v) is 2.58. The maximum Gasteiger partial charge on any atom is 0.251 e. The van der Waals surface area contributed by atoms with Crippen molar-refractivity contribution in [1.82, 2.24) is 10.3 Å². The monoisotopic (exact) mass is 383 g/mol. The lowest BCUT2D eigenvalue weighted by atomic mass is 10.1. The molecule has 1 amide bonds. The molecule has 1 aromatic heterocycles. The van der Waals surface area contributed by atoms with Gasteiger partial charge in [-0.1, -0.05) is 12.1 Å². The summed E-state index contributed by atoms with van der Waals surface area (Å²) in [5.41, 5.74) is 1.83. The third-order valence-corrected chi connectivity index (χ3v) is 4.07. The molecule has 0 radical (unpaired) electrons. The third-order valence-electron chi connectivity index (χ3n) is 4.07. The van der Waals surface area contributed by atoms with Crippen LogP contribution < -0.4 is 15.4 Å². The van der Waals surface area contributed by atoms with E-state index >= 15 is 0 Å². The van der Waals surface area contributed by atoms with Crippen LogP contribution in [0.4, 0.5) is 20.3 Å². The molecule has 2 aromatic carbocycles. The first-order chi connectivity index (χ1) is 13.5. The lowest BCUT2D eigenvalue weighted by Gasteiger charge is -2.09. The van der Waals surface area contributed by atoms with E-state index in [4.69, 9.17) is 4.74 Å². The number of benzene rings is 2. The number of rotatable bonds is 7. The molecule has 3 rings (SSSR count). The van der Waals surface area contributed by atoms with Gasteiger partial charge in [0.25, 0.3) is 5.91 Å². The molecular formula is C21H19F2N3O2. The lowest BCUT2D eigenvalue weighted by molar-refractivity contribution is 0.0954. The molecule has 1 heterocycles. The molecule has 0 aliphatic heterocycles. The number of amides is 1. The number of methoxy groups -OCH3 is 1. The molecule has 28 heavy (non-hydrogen) atoms. The highest BCUT2D eigenvalue weighted by Crippen LogP contribution is 2.18. The molecule has 0 aliphatic rings. The van der Waals surface area contributed by atoms with E-state index in [1.807, 2.05) is 24.3 Å². The van der Waals surface area contributed by atoms with Crippen molar-refractivity contribution in [3.63, 3.8) is 0 Å². The Morgan fingerprint density at radius 1 is 1.04 bits per heavy atom. The summed E-state index contributed by atoms with van der Waals surface area (Å²) in [5.74, 6) is -0.996. The standard InChI is InChI=1S/C21H19F2N3O2/c1-28-17-5-2-14(3-6-17)8-10-25-21(27)15-9-11-24-20(12-15)26-16-4-7-18(22)19(23)13-16/h2-7,9,11-13H,8,10H2,1H3,(H,24,26)(H,25,27). The van der Waals surface area contributed by atoms with Gasteiger partial charge < -0.3 is 15.4 Å². The molecular weight excluding hydrogens is 364 g/mol. The van der Waals surface area contributed by atoms with E-state index in [2.05, 4.69) is 15.6 Å². The highest BCUT2D eigenvalue weighted by Gasteiger charge is 2.08. The van der Waals surface area contributed by atoms with Crippen LogP contribution in [0.25, 0.3) is 0 Å². The van der Waals surface area contributed by atoms with Gasteiger partial charge >= 0.3 is 0 Å². The van der Waals surface area contributed by atoms with E-state index in [0.717, 1.165) is 23.4 Å². The number of pyridine rings is 1. The molecule has 0 aliphatic carbocycles. The fraction of sp³-hybridized carbons (Fsp3) is 0.143. The van der Waals surface area contributed by atoms with Gasteiger partial charge in [0.05, 0.1) is 7.11 Å². The van der Waals surface area contributed by atoms with Crippen molar-refractivity contribution in [3.8, 4) is 5.75 Å². The van der Waals surface area contributed by atoms with Crippen LogP contribution in [0.5, 0.6) is 5.75 Å². The van der Waals surface area contributed by atoms with Gasteiger partial charge in [-0.2, -0.15) is 0 Å². The van der Waals surface area contributed by atoms with Crippen LogP contribution in [-0.2, 0) is 6.42 Å². The van der Waals surface area contributed by atoms with Crippen molar-refractivity contribution in [3.05, 3.63) is 83.6 Å². The quantitative estimate of drug-likeness (QED) is 0.645. The molecule has 3 aromatic rings. The van der Waals surface area contributed by atoms with E-state index in [1.165, 1.54) is 12.3 Å². The number of carbonyl (C=O) groups excluding carboxylic acids is 1. The Labute approximate surface area is 161 Å². The lowest BCUT2D eigenvalue weighted by Crippen LogP contribution is -2.25. The Morgan fingerprint density at radius 3 is 2.54 bits per heavy atom. The summed E-state index contributed by atoms with van der Waals surface area (Å²) in [6.45, 7) is 0.472. The Bertz CT molecular complexity index is 962. The first-order valence-corrected chi connectivity index (χ1v) is 8.64. The summed E-state index contributed by atoms with van der Waals surface area (Å²) in [4.78, 5) is 16.4. The SMILES string of the molecule is COc1ccc(CCNC(=O)c2ccnc(Nc3ccc(F)c(F)c3)c2)cc1. The van der Waals surface area contributed by atoms with E-state index in [1.54, 1.807) is 19.2 Å². The minimum absolute atomic E-state index is 0.246. The maximum absolute atomic E-state index is 13.3.